The van der Waals surface area contributed by atoms with E-state index < -0.39 is 0 Å². The first kappa shape index (κ1) is 14.8. The molecular formula is C13H24N2O3. The maximum absolute atomic E-state index is 10.9. The Kier molecular flexibility index (Phi) is 6.54. The van der Waals surface area contributed by atoms with Gasteiger partial charge in [-0.05, 0) is 25.7 Å². The van der Waals surface area contributed by atoms with Gasteiger partial charge < -0.3 is 14.5 Å². The summed E-state index contributed by atoms with van der Waals surface area (Å²) in [7, 11) is 3.64. The minimum atomic E-state index is -0.187. The molecule has 0 atom stereocenters. The third-order valence-corrected chi connectivity index (χ3v) is 3.23. The van der Waals surface area contributed by atoms with Crippen LogP contribution < -0.4 is 0 Å². The van der Waals surface area contributed by atoms with Crippen molar-refractivity contribution < 1.29 is 14.3 Å². The molecule has 18 heavy (non-hydrogen) atoms. The lowest BCUT2D eigenvalue weighted by atomic mass is 10.2. The highest BCUT2D eigenvalue weighted by Crippen LogP contribution is 2.08. The van der Waals surface area contributed by atoms with E-state index in [9.17, 15) is 9.59 Å². The number of hydrogen-bond donors (Lipinski definition) is 0. The van der Waals surface area contributed by atoms with Crippen LogP contribution in [0.5, 0.6) is 0 Å². The molecule has 5 nitrogen and oxygen atoms in total. The number of ether oxygens (including phenoxy) is 1. The summed E-state index contributed by atoms with van der Waals surface area (Å²) in [6, 6.07) is 0. The van der Waals surface area contributed by atoms with Gasteiger partial charge in [0.25, 0.3) is 0 Å². The molecule has 0 unspecified atom stereocenters. The molecule has 0 aromatic heterocycles. The Bertz CT molecular complexity index is 253. The van der Waals surface area contributed by atoms with Crippen LogP contribution in [0.25, 0.3) is 0 Å². The Balaban J connectivity index is 0.000000180. The second kappa shape index (κ2) is 7.95. The molecule has 2 saturated heterocycles. The zero-order valence-corrected chi connectivity index (χ0v) is 11.5. The van der Waals surface area contributed by atoms with E-state index in [4.69, 9.17) is 4.74 Å². The summed E-state index contributed by atoms with van der Waals surface area (Å²) in [6.45, 7) is 2.38. The van der Waals surface area contributed by atoms with Crippen molar-refractivity contribution in [2.45, 2.75) is 38.5 Å². The van der Waals surface area contributed by atoms with Crippen LogP contribution in [0, 0.1) is 0 Å². The second-order valence-electron chi connectivity index (χ2n) is 4.87. The zero-order valence-electron chi connectivity index (χ0n) is 11.5. The predicted molar refractivity (Wildman–Crippen MR) is 69.3 cm³/mol. The van der Waals surface area contributed by atoms with Crippen LogP contribution in [0.1, 0.15) is 38.5 Å². The summed E-state index contributed by atoms with van der Waals surface area (Å²) in [6.07, 6.45) is 6.11. The Morgan fingerprint density at radius 2 is 1.56 bits per heavy atom. The largest absolute Gasteiger partial charge is 0.449 e. The van der Waals surface area contributed by atoms with Crippen LogP contribution >= 0.6 is 0 Å². The fraction of sp³-hybridized carbons (Fsp3) is 0.846. The van der Waals surface area contributed by atoms with E-state index in [1.165, 1.54) is 12.8 Å². The van der Waals surface area contributed by atoms with Gasteiger partial charge in [0.2, 0.25) is 5.91 Å². The van der Waals surface area contributed by atoms with Crippen molar-refractivity contribution in [1.82, 2.24) is 9.80 Å². The summed E-state index contributed by atoms with van der Waals surface area (Å²) >= 11 is 0. The molecule has 0 N–H and O–H groups in total. The van der Waals surface area contributed by atoms with Gasteiger partial charge in [-0.25, -0.2) is 4.79 Å². The van der Waals surface area contributed by atoms with E-state index in [1.54, 1.807) is 11.9 Å². The molecule has 0 spiro atoms. The number of amides is 2. The molecule has 5 heteroatoms. The maximum atomic E-state index is 10.9. The zero-order chi connectivity index (χ0) is 13.4. The van der Waals surface area contributed by atoms with Crippen molar-refractivity contribution in [2.75, 3.05) is 33.8 Å². The molecule has 2 fully saturated rings. The van der Waals surface area contributed by atoms with Crippen molar-refractivity contribution in [3.05, 3.63) is 0 Å². The van der Waals surface area contributed by atoms with Crippen LogP contribution in [-0.2, 0) is 9.53 Å². The van der Waals surface area contributed by atoms with E-state index in [0.29, 0.717) is 12.5 Å². The molecule has 2 aliphatic heterocycles. The molecule has 0 saturated carbocycles. The van der Waals surface area contributed by atoms with Crippen LogP contribution in [0.15, 0.2) is 0 Å². The predicted octanol–water partition coefficient (Wildman–Crippen LogP) is 1.87. The van der Waals surface area contributed by atoms with Gasteiger partial charge in [0.1, 0.15) is 0 Å². The smallest absolute Gasteiger partial charge is 0.409 e. The van der Waals surface area contributed by atoms with E-state index in [-0.39, 0.29) is 6.09 Å². The van der Waals surface area contributed by atoms with Gasteiger partial charge in [-0.15, -0.1) is 0 Å². The minimum Gasteiger partial charge on any atom is -0.449 e. The highest BCUT2D eigenvalue weighted by molar-refractivity contribution is 5.75. The van der Waals surface area contributed by atoms with Gasteiger partial charge >= 0.3 is 6.09 Å². The van der Waals surface area contributed by atoms with E-state index in [0.717, 1.165) is 38.8 Å². The monoisotopic (exact) mass is 256 g/mol. The molecule has 104 valence electrons. The third kappa shape index (κ3) is 5.38. The molecule has 2 heterocycles. The highest BCUT2D eigenvalue weighted by atomic mass is 16.6. The first-order valence-electron chi connectivity index (χ1n) is 6.73. The molecule has 2 amide bonds. The number of nitrogens with zero attached hydrogens (tertiary/aromatic N) is 2. The lowest BCUT2D eigenvalue weighted by Gasteiger charge is -2.11. The average molecular weight is 256 g/mol. The van der Waals surface area contributed by atoms with Crippen LogP contribution in [0.4, 0.5) is 4.79 Å². The van der Waals surface area contributed by atoms with Gasteiger partial charge in [0.05, 0.1) is 6.61 Å². The van der Waals surface area contributed by atoms with Gasteiger partial charge in [0.15, 0.2) is 0 Å². The average Bonchev–Trinajstić information content (AvgIpc) is 2.65. The quantitative estimate of drug-likeness (QED) is 0.665. The van der Waals surface area contributed by atoms with Crippen LogP contribution in [0.3, 0.4) is 0 Å². The highest BCUT2D eigenvalue weighted by Gasteiger charge is 2.12. The van der Waals surface area contributed by atoms with Crippen LogP contribution in [0.2, 0.25) is 0 Å². The number of carbonyl (C=O) groups is 2. The number of rotatable bonds is 0. The number of cyclic esters (lactones) is 1. The van der Waals surface area contributed by atoms with Gasteiger partial charge in [0, 0.05) is 33.6 Å². The molecule has 0 aromatic rings. The third-order valence-electron chi connectivity index (χ3n) is 3.23. The number of likely N-dealkylation sites (tertiary alicyclic amines) is 1. The Morgan fingerprint density at radius 1 is 0.889 bits per heavy atom. The van der Waals surface area contributed by atoms with Crippen molar-refractivity contribution in [2.24, 2.45) is 0 Å². The van der Waals surface area contributed by atoms with Gasteiger partial charge in [-0.2, -0.15) is 0 Å². The minimum absolute atomic E-state index is 0.187. The lowest BCUT2D eigenvalue weighted by Crippen LogP contribution is -2.25. The Hall–Kier alpha value is -1.26. The van der Waals surface area contributed by atoms with Gasteiger partial charge in [-0.3, -0.25) is 4.79 Å². The first-order valence-corrected chi connectivity index (χ1v) is 6.73. The van der Waals surface area contributed by atoms with Crippen molar-refractivity contribution in [3.8, 4) is 0 Å². The fourth-order valence-electron chi connectivity index (χ4n) is 1.93. The summed E-state index contributed by atoms with van der Waals surface area (Å²) in [4.78, 5) is 25.1. The summed E-state index contributed by atoms with van der Waals surface area (Å²) in [5, 5.41) is 0. The van der Waals surface area contributed by atoms with E-state index >= 15 is 0 Å². The topological polar surface area (TPSA) is 49.9 Å². The molecule has 0 aliphatic carbocycles. The SMILES string of the molecule is CN1CCCCCC1=O.CN1CCCCOC1=O. The lowest BCUT2D eigenvalue weighted by molar-refractivity contribution is -0.129. The second-order valence-corrected chi connectivity index (χ2v) is 4.87. The maximum Gasteiger partial charge on any atom is 0.409 e. The van der Waals surface area contributed by atoms with Gasteiger partial charge in [-0.1, -0.05) is 6.42 Å². The van der Waals surface area contributed by atoms with E-state index in [1.807, 2.05) is 11.9 Å². The number of hydrogen-bond acceptors (Lipinski definition) is 3. The van der Waals surface area contributed by atoms with E-state index in [2.05, 4.69) is 0 Å². The summed E-state index contributed by atoms with van der Waals surface area (Å²) in [5.41, 5.74) is 0. The van der Waals surface area contributed by atoms with Crippen LogP contribution in [-0.4, -0.2) is 55.6 Å². The molecule has 2 aliphatic rings. The molecule has 0 aromatic carbocycles. The molecule has 0 bridgehead atoms. The number of carbonyl (C=O) groups excluding carboxylic acids is 2. The molecule has 0 radical (unpaired) electrons. The van der Waals surface area contributed by atoms with Crippen molar-refractivity contribution >= 4 is 12.0 Å². The standard InChI is InChI=1S/C7H13NO.C6H11NO2/c1-8-6-4-2-3-5-7(8)9;1-7-4-2-3-5-9-6(7)8/h2-6H2,1H3;2-5H2,1H3. The summed E-state index contributed by atoms with van der Waals surface area (Å²) < 4.78 is 4.80. The molecular weight excluding hydrogens is 232 g/mol. The van der Waals surface area contributed by atoms with Crippen molar-refractivity contribution in [1.29, 1.82) is 0 Å². The van der Waals surface area contributed by atoms with Crippen molar-refractivity contribution in [3.63, 3.8) is 0 Å². The Labute approximate surface area is 109 Å². The Morgan fingerprint density at radius 3 is 2.33 bits per heavy atom. The molecule has 2 rings (SSSR count). The first-order chi connectivity index (χ1) is 8.61. The normalized spacial score (nSPS) is 21.4. The fourth-order valence-corrected chi connectivity index (χ4v) is 1.93. The summed E-state index contributed by atoms with van der Waals surface area (Å²) in [5.74, 6) is 0.313.